The molecule has 1 heterocycles. The summed E-state index contributed by atoms with van der Waals surface area (Å²) >= 11 is 3.46. The number of para-hydroxylation sites is 1. The van der Waals surface area contributed by atoms with Crippen molar-refractivity contribution in [1.82, 2.24) is 4.98 Å². The Labute approximate surface area is 115 Å². The predicted octanol–water partition coefficient (Wildman–Crippen LogP) is 3.51. The van der Waals surface area contributed by atoms with Crippen molar-refractivity contribution < 1.29 is 4.74 Å². The van der Waals surface area contributed by atoms with E-state index in [1.165, 1.54) is 5.56 Å². The number of rotatable bonds is 5. The molecule has 0 aliphatic rings. The van der Waals surface area contributed by atoms with Crippen molar-refractivity contribution in [3.8, 4) is 5.75 Å². The third kappa shape index (κ3) is 3.23. The number of nitrogens with one attached hydrogen (secondary N) is 1. The number of nitrogens with zero attached hydrogens (tertiary/aromatic N) is 1. The smallest absolute Gasteiger partial charge is 0.140 e. The van der Waals surface area contributed by atoms with Gasteiger partial charge in [0.05, 0.1) is 11.6 Å². The largest absolute Gasteiger partial charge is 0.496 e. The Balaban J connectivity index is 1.95. The second-order valence-electron chi connectivity index (χ2n) is 3.82. The fourth-order valence-electron chi connectivity index (χ4n) is 1.74. The van der Waals surface area contributed by atoms with Gasteiger partial charge in [-0.1, -0.05) is 18.2 Å². The summed E-state index contributed by atoms with van der Waals surface area (Å²) in [5.74, 6) is 1.80. The van der Waals surface area contributed by atoms with Crippen molar-refractivity contribution >= 4 is 21.7 Å². The zero-order chi connectivity index (χ0) is 12.8. The highest BCUT2D eigenvalue weighted by Crippen LogP contribution is 2.20. The zero-order valence-electron chi connectivity index (χ0n) is 10.2. The molecular weight excluding hydrogens is 292 g/mol. The van der Waals surface area contributed by atoms with E-state index in [4.69, 9.17) is 4.74 Å². The fourth-order valence-corrected chi connectivity index (χ4v) is 2.14. The van der Waals surface area contributed by atoms with E-state index in [-0.39, 0.29) is 0 Å². The molecule has 1 aromatic carbocycles. The Morgan fingerprint density at radius 1 is 1.22 bits per heavy atom. The average Bonchev–Trinajstić information content (AvgIpc) is 2.41. The summed E-state index contributed by atoms with van der Waals surface area (Å²) in [6, 6.07) is 11.9. The van der Waals surface area contributed by atoms with Gasteiger partial charge in [0.15, 0.2) is 0 Å². The van der Waals surface area contributed by atoms with Gasteiger partial charge in [-0.3, -0.25) is 0 Å². The number of aromatic nitrogens is 1. The molecule has 2 rings (SSSR count). The van der Waals surface area contributed by atoms with Gasteiger partial charge in [-0.15, -0.1) is 0 Å². The van der Waals surface area contributed by atoms with Crippen LogP contribution in [0.2, 0.25) is 0 Å². The van der Waals surface area contributed by atoms with E-state index in [0.717, 1.165) is 29.0 Å². The summed E-state index contributed by atoms with van der Waals surface area (Å²) < 4.78 is 6.30. The van der Waals surface area contributed by atoms with Gasteiger partial charge < -0.3 is 10.1 Å². The molecule has 0 saturated heterocycles. The summed E-state index contributed by atoms with van der Waals surface area (Å²) in [6.07, 6.45) is 2.67. The van der Waals surface area contributed by atoms with Crippen LogP contribution in [0.1, 0.15) is 5.56 Å². The molecular formula is C14H15BrN2O. The van der Waals surface area contributed by atoms with E-state index < -0.39 is 0 Å². The maximum atomic E-state index is 5.32. The lowest BCUT2D eigenvalue weighted by molar-refractivity contribution is 0.410. The molecule has 0 atom stereocenters. The van der Waals surface area contributed by atoms with Crippen molar-refractivity contribution in [1.29, 1.82) is 0 Å². The first kappa shape index (κ1) is 12.9. The van der Waals surface area contributed by atoms with Gasteiger partial charge in [0.2, 0.25) is 0 Å². The van der Waals surface area contributed by atoms with Crippen LogP contribution in [0, 0.1) is 0 Å². The number of anilines is 1. The molecule has 94 valence electrons. The van der Waals surface area contributed by atoms with E-state index in [9.17, 15) is 0 Å². The number of pyridine rings is 1. The van der Waals surface area contributed by atoms with Gasteiger partial charge in [0, 0.05) is 12.7 Å². The summed E-state index contributed by atoms with van der Waals surface area (Å²) in [5.41, 5.74) is 1.19. The van der Waals surface area contributed by atoms with Crippen molar-refractivity contribution in [3.05, 3.63) is 52.6 Å². The lowest BCUT2D eigenvalue weighted by Crippen LogP contribution is -2.07. The minimum Gasteiger partial charge on any atom is -0.496 e. The molecule has 0 saturated carbocycles. The van der Waals surface area contributed by atoms with Crippen LogP contribution in [-0.4, -0.2) is 18.6 Å². The van der Waals surface area contributed by atoms with Crippen molar-refractivity contribution in [2.45, 2.75) is 6.42 Å². The molecule has 1 N–H and O–H groups in total. The van der Waals surface area contributed by atoms with Crippen LogP contribution in [0.4, 0.5) is 5.82 Å². The van der Waals surface area contributed by atoms with Gasteiger partial charge >= 0.3 is 0 Å². The van der Waals surface area contributed by atoms with Crippen LogP contribution in [0.5, 0.6) is 5.75 Å². The van der Waals surface area contributed by atoms with E-state index in [1.54, 1.807) is 13.3 Å². The lowest BCUT2D eigenvalue weighted by atomic mass is 10.1. The summed E-state index contributed by atoms with van der Waals surface area (Å²) in [6.45, 7) is 0.815. The molecule has 4 heteroatoms. The zero-order valence-corrected chi connectivity index (χ0v) is 11.8. The van der Waals surface area contributed by atoms with Gasteiger partial charge in [0.25, 0.3) is 0 Å². The summed E-state index contributed by atoms with van der Waals surface area (Å²) in [5, 5.41) is 3.30. The molecule has 0 amide bonds. The van der Waals surface area contributed by atoms with Crippen LogP contribution in [-0.2, 0) is 6.42 Å². The highest BCUT2D eigenvalue weighted by Gasteiger charge is 2.02. The summed E-state index contributed by atoms with van der Waals surface area (Å²) in [7, 11) is 1.70. The second-order valence-corrected chi connectivity index (χ2v) is 4.68. The number of halogens is 1. The molecule has 0 aliphatic carbocycles. The summed E-state index contributed by atoms with van der Waals surface area (Å²) in [4.78, 5) is 4.26. The molecule has 1 aromatic heterocycles. The van der Waals surface area contributed by atoms with Crippen molar-refractivity contribution in [3.63, 3.8) is 0 Å². The minimum atomic E-state index is 0.815. The number of hydrogen-bond acceptors (Lipinski definition) is 3. The number of methoxy groups -OCH3 is 1. The van der Waals surface area contributed by atoms with Gasteiger partial charge in [-0.2, -0.15) is 0 Å². The lowest BCUT2D eigenvalue weighted by Gasteiger charge is -2.10. The quantitative estimate of drug-likeness (QED) is 0.918. The molecule has 18 heavy (non-hydrogen) atoms. The highest BCUT2D eigenvalue weighted by molar-refractivity contribution is 9.10. The van der Waals surface area contributed by atoms with E-state index >= 15 is 0 Å². The van der Waals surface area contributed by atoms with E-state index in [1.807, 2.05) is 30.3 Å². The SMILES string of the molecule is COc1ccccc1CCNc1ncccc1Br. The van der Waals surface area contributed by atoms with Crippen LogP contribution in [0.15, 0.2) is 47.1 Å². The number of hydrogen-bond donors (Lipinski definition) is 1. The fraction of sp³-hybridized carbons (Fsp3) is 0.214. The Hall–Kier alpha value is -1.55. The minimum absolute atomic E-state index is 0.815. The molecule has 0 bridgehead atoms. The topological polar surface area (TPSA) is 34.1 Å². The van der Waals surface area contributed by atoms with Gasteiger partial charge in [-0.05, 0) is 46.1 Å². The highest BCUT2D eigenvalue weighted by atomic mass is 79.9. The molecule has 0 unspecified atom stereocenters. The molecule has 0 fully saturated rings. The van der Waals surface area contributed by atoms with Gasteiger partial charge in [0.1, 0.15) is 11.6 Å². The maximum absolute atomic E-state index is 5.32. The molecule has 2 aromatic rings. The van der Waals surface area contributed by atoms with Crippen LogP contribution in [0.3, 0.4) is 0 Å². The molecule has 3 nitrogen and oxygen atoms in total. The van der Waals surface area contributed by atoms with Crippen molar-refractivity contribution in [2.75, 3.05) is 19.0 Å². The molecule has 0 spiro atoms. The first-order valence-corrected chi connectivity index (χ1v) is 6.57. The Bertz CT molecular complexity index is 517. The monoisotopic (exact) mass is 306 g/mol. The predicted molar refractivity (Wildman–Crippen MR) is 77.1 cm³/mol. The maximum Gasteiger partial charge on any atom is 0.140 e. The molecule has 0 radical (unpaired) electrons. The second kappa shape index (κ2) is 6.40. The van der Waals surface area contributed by atoms with E-state index in [2.05, 4.69) is 32.3 Å². The number of ether oxygens (including phenoxy) is 1. The third-order valence-corrected chi connectivity index (χ3v) is 3.28. The first-order valence-electron chi connectivity index (χ1n) is 5.77. The Morgan fingerprint density at radius 2 is 2.06 bits per heavy atom. The van der Waals surface area contributed by atoms with E-state index in [0.29, 0.717) is 0 Å². The van der Waals surface area contributed by atoms with Crippen LogP contribution >= 0.6 is 15.9 Å². The first-order chi connectivity index (χ1) is 8.81. The van der Waals surface area contributed by atoms with Crippen molar-refractivity contribution in [2.24, 2.45) is 0 Å². The van der Waals surface area contributed by atoms with Gasteiger partial charge in [-0.25, -0.2) is 4.98 Å². The standard InChI is InChI=1S/C14H15BrN2O/c1-18-13-7-3-2-5-11(13)8-10-17-14-12(15)6-4-9-16-14/h2-7,9H,8,10H2,1H3,(H,16,17). The molecule has 0 aliphatic heterocycles. The third-order valence-electron chi connectivity index (χ3n) is 2.64. The number of benzene rings is 1. The normalized spacial score (nSPS) is 10.1. The Morgan fingerprint density at radius 3 is 2.83 bits per heavy atom. The van der Waals surface area contributed by atoms with Crippen LogP contribution in [0.25, 0.3) is 0 Å². The average molecular weight is 307 g/mol. The van der Waals surface area contributed by atoms with Crippen LogP contribution < -0.4 is 10.1 Å². The Kier molecular flexibility index (Phi) is 4.59.